The maximum Gasteiger partial charge on any atom is 0.416 e. The summed E-state index contributed by atoms with van der Waals surface area (Å²) in [5, 5.41) is 0. The van der Waals surface area contributed by atoms with Crippen LogP contribution in [0.2, 0.25) is 0 Å². The average Bonchev–Trinajstić information content (AvgIpc) is 2.31. The van der Waals surface area contributed by atoms with Crippen LogP contribution in [0, 0.1) is 0 Å². The second-order valence-corrected chi connectivity index (χ2v) is 7.81. The summed E-state index contributed by atoms with van der Waals surface area (Å²) in [5.41, 5.74) is -1.77. The third-order valence-electron chi connectivity index (χ3n) is 2.58. The molecule has 0 amide bonds. The Hall–Kier alpha value is -1.77. The van der Waals surface area contributed by atoms with Crippen molar-refractivity contribution in [1.82, 2.24) is 0 Å². The molecule has 1 aromatic carbocycles. The van der Waals surface area contributed by atoms with Crippen molar-refractivity contribution in [2.24, 2.45) is 0 Å². The molecule has 0 N–H and O–H groups in total. The summed E-state index contributed by atoms with van der Waals surface area (Å²) in [5.74, 6) is -0.803. The lowest BCUT2D eigenvalue weighted by atomic mass is 10.2. The van der Waals surface area contributed by atoms with Gasteiger partial charge in [0.2, 0.25) is 10.0 Å². The van der Waals surface area contributed by atoms with Gasteiger partial charge in [0.15, 0.2) is 0 Å². The molecule has 0 radical (unpaired) electrons. The topological polar surface area (TPSA) is 63.7 Å². The molecule has 9 heteroatoms. The zero-order valence-corrected chi connectivity index (χ0v) is 14.0. The number of hydrogen-bond donors (Lipinski definition) is 0. The smallest absolute Gasteiger partial charge is 0.416 e. The van der Waals surface area contributed by atoms with Crippen LogP contribution in [0.4, 0.5) is 18.9 Å². The number of hydrogen-bond acceptors (Lipinski definition) is 4. The first-order valence-corrected chi connectivity index (χ1v) is 8.42. The van der Waals surface area contributed by atoms with Crippen molar-refractivity contribution in [3.8, 4) is 0 Å². The van der Waals surface area contributed by atoms with E-state index < -0.39 is 39.9 Å². The van der Waals surface area contributed by atoms with E-state index in [1.54, 1.807) is 20.8 Å². The van der Waals surface area contributed by atoms with Crippen molar-refractivity contribution in [3.05, 3.63) is 29.8 Å². The van der Waals surface area contributed by atoms with E-state index in [4.69, 9.17) is 4.74 Å². The Morgan fingerprint density at radius 1 is 1.13 bits per heavy atom. The summed E-state index contributed by atoms with van der Waals surface area (Å²) in [6.07, 6.45) is -3.67. The third kappa shape index (κ3) is 6.09. The van der Waals surface area contributed by atoms with Gasteiger partial charge in [0.1, 0.15) is 12.1 Å². The molecule has 0 aliphatic carbocycles. The highest BCUT2D eigenvalue weighted by atomic mass is 32.2. The molecule has 1 rings (SSSR count). The molecule has 130 valence electrons. The Morgan fingerprint density at radius 2 is 1.61 bits per heavy atom. The highest BCUT2D eigenvalue weighted by molar-refractivity contribution is 7.92. The highest BCUT2D eigenvalue weighted by Crippen LogP contribution is 2.31. The number of sulfonamides is 1. The minimum atomic E-state index is -4.53. The predicted molar refractivity (Wildman–Crippen MR) is 79.5 cm³/mol. The van der Waals surface area contributed by atoms with Gasteiger partial charge in [-0.05, 0) is 45.0 Å². The SMILES string of the molecule is CC(C)(C)OC(=O)CN(c1ccc(C(F)(F)F)cc1)S(C)(=O)=O. The van der Waals surface area contributed by atoms with Crippen LogP contribution in [-0.2, 0) is 25.7 Å². The van der Waals surface area contributed by atoms with Gasteiger partial charge in [0.05, 0.1) is 17.5 Å². The van der Waals surface area contributed by atoms with Crippen LogP contribution >= 0.6 is 0 Å². The number of benzene rings is 1. The number of anilines is 1. The molecule has 5 nitrogen and oxygen atoms in total. The summed E-state index contributed by atoms with van der Waals surface area (Å²) >= 11 is 0. The fourth-order valence-electron chi connectivity index (χ4n) is 1.71. The van der Waals surface area contributed by atoms with Crippen molar-refractivity contribution in [3.63, 3.8) is 0 Å². The van der Waals surface area contributed by atoms with Crippen molar-refractivity contribution >= 4 is 21.7 Å². The second-order valence-electron chi connectivity index (χ2n) is 5.90. The van der Waals surface area contributed by atoms with E-state index in [0.29, 0.717) is 4.31 Å². The Morgan fingerprint density at radius 3 is 1.96 bits per heavy atom. The maximum absolute atomic E-state index is 12.5. The van der Waals surface area contributed by atoms with E-state index in [2.05, 4.69) is 0 Å². The van der Waals surface area contributed by atoms with Crippen LogP contribution < -0.4 is 4.31 Å². The number of halogens is 3. The van der Waals surface area contributed by atoms with Gasteiger partial charge in [-0.1, -0.05) is 0 Å². The molecule has 0 saturated carbocycles. The van der Waals surface area contributed by atoms with Crippen LogP contribution in [0.25, 0.3) is 0 Å². The normalized spacial score (nSPS) is 12.8. The van der Waals surface area contributed by atoms with Gasteiger partial charge >= 0.3 is 12.1 Å². The fourth-order valence-corrected chi connectivity index (χ4v) is 2.55. The standard InChI is InChI=1S/C14H18F3NO4S/c1-13(2,3)22-12(19)9-18(23(4,20)21)11-7-5-10(6-8-11)14(15,16)17/h5-8H,9H2,1-4H3. The second kappa shape index (κ2) is 6.38. The van der Waals surface area contributed by atoms with E-state index in [-0.39, 0.29) is 5.69 Å². The number of ether oxygens (including phenoxy) is 1. The number of nitrogens with zero attached hydrogens (tertiary/aromatic N) is 1. The summed E-state index contributed by atoms with van der Waals surface area (Å²) in [6, 6.07) is 3.49. The maximum atomic E-state index is 12.5. The van der Waals surface area contributed by atoms with Gasteiger partial charge in [-0.2, -0.15) is 13.2 Å². The minimum Gasteiger partial charge on any atom is -0.459 e. The Balaban J connectivity index is 3.07. The van der Waals surface area contributed by atoms with Gasteiger partial charge in [-0.15, -0.1) is 0 Å². The minimum absolute atomic E-state index is 0.0497. The monoisotopic (exact) mass is 353 g/mol. The van der Waals surface area contributed by atoms with E-state index in [0.717, 1.165) is 30.5 Å². The lowest BCUT2D eigenvalue weighted by molar-refractivity contribution is -0.152. The molecule has 0 spiro atoms. The van der Waals surface area contributed by atoms with E-state index in [9.17, 15) is 26.4 Å². The van der Waals surface area contributed by atoms with Gasteiger partial charge in [-0.3, -0.25) is 9.10 Å². The summed E-state index contributed by atoms with van der Waals surface area (Å²) < 4.78 is 67.0. The van der Waals surface area contributed by atoms with E-state index in [1.807, 2.05) is 0 Å². The van der Waals surface area contributed by atoms with Crippen LogP contribution in [0.1, 0.15) is 26.3 Å². The zero-order chi connectivity index (χ0) is 18.1. The van der Waals surface area contributed by atoms with Gasteiger partial charge in [0.25, 0.3) is 0 Å². The Kier molecular flexibility index (Phi) is 5.35. The Labute approximate surface area is 133 Å². The van der Waals surface area contributed by atoms with Crippen LogP contribution in [0.5, 0.6) is 0 Å². The molecule has 0 aromatic heterocycles. The molecule has 0 aliphatic heterocycles. The van der Waals surface area contributed by atoms with Crippen molar-refractivity contribution in [2.45, 2.75) is 32.5 Å². The first-order chi connectivity index (χ1) is 10.2. The molecule has 0 heterocycles. The molecule has 0 aliphatic rings. The van der Waals surface area contributed by atoms with Crippen molar-refractivity contribution in [2.75, 3.05) is 17.1 Å². The molecular weight excluding hydrogens is 335 g/mol. The van der Waals surface area contributed by atoms with Crippen molar-refractivity contribution < 1.29 is 31.1 Å². The van der Waals surface area contributed by atoms with E-state index in [1.165, 1.54) is 0 Å². The number of rotatable bonds is 4. The quantitative estimate of drug-likeness (QED) is 0.781. The van der Waals surface area contributed by atoms with Gasteiger partial charge < -0.3 is 4.74 Å². The molecule has 0 unspecified atom stereocenters. The third-order valence-corrected chi connectivity index (χ3v) is 3.72. The molecule has 23 heavy (non-hydrogen) atoms. The van der Waals surface area contributed by atoms with Crippen molar-refractivity contribution in [1.29, 1.82) is 0 Å². The molecule has 0 saturated heterocycles. The first kappa shape index (κ1) is 19.3. The zero-order valence-electron chi connectivity index (χ0n) is 13.1. The fraction of sp³-hybridized carbons (Fsp3) is 0.500. The van der Waals surface area contributed by atoms with Crippen LogP contribution in [0.3, 0.4) is 0 Å². The first-order valence-electron chi connectivity index (χ1n) is 6.57. The lowest BCUT2D eigenvalue weighted by Crippen LogP contribution is -2.38. The molecule has 0 atom stereocenters. The summed E-state index contributed by atoms with van der Waals surface area (Å²) in [7, 11) is -3.87. The van der Waals surface area contributed by atoms with Gasteiger partial charge in [-0.25, -0.2) is 8.42 Å². The average molecular weight is 353 g/mol. The van der Waals surface area contributed by atoms with Crippen LogP contribution in [-0.4, -0.2) is 32.8 Å². The highest BCUT2D eigenvalue weighted by Gasteiger charge is 2.31. The molecule has 1 aromatic rings. The molecule has 0 fully saturated rings. The number of carbonyl (C=O) groups is 1. The number of esters is 1. The molecule has 0 bridgehead atoms. The Bertz CT molecular complexity index is 661. The lowest BCUT2D eigenvalue weighted by Gasteiger charge is -2.25. The van der Waals surface area contributed by atoms with E-state index >= 15 is 0 Å². The van der Waals surface area contributed by atoms with Gasteiger partial charge in [0, 0.05) is 0 Å². The largest absolute Gasteiger partial charge is 0.459 e. The summed E-state index contributed by atoms with van der Waals surface area (Å²) in [4.78, 5) is 11.8. The number of alkyl halides is 3. The molecular formula is C14H18F3NO4S. The summed E-state index contributed by atoms with van der Waals surface area (Å²) in [6.45, 7) is 4.23. The predicted octanol–water partition coefficient (Wildman–Crippen LogP) is 2.81. The van der Waals surface area contributed by atoms with Crippen LogP contribution in [0.15, 0.2) is 24.3 Å². The number of carbonyl (C=O) groups excluding carboxylic acids is 1.